The summed E-state index contributed by atoms with van der Waals surface area (Å²) in [7, 11) is 0. The summed E-state index contributed by atoms with van der Waals surface area (Å²) in [6.07, 6.45) is 12.3. The van der Waals surface area contributed by atoms with Crippen molar-refractivity contribution in [1.29, 1.82) is 0 Å². The summed E-state index contributed by atoms with van der Waals surface area (Å²) in [5.74, 6) is 2.99. The fraction of sp³-hybridized carbons (Fsp3) is 0.840. The van der Waals surface area contributed by atoms with E-state index in [4.69, 9.17) is 4.74 Å². The van der Waals surface area contributed by atoms with Gasteiger partial charge in [-0.15, -0.1) is 0 Å². The molecule has 6 atom stereocenters. The summed E-state index contributed by atoms with van der Waals surface area (Å²) in [5, 5.41) is 0. The molecule has 0 N–H and O–H groups in total. The van der Waals surface area contributed by atoms with E-state index in [0.717, 1.165) is 44.4 Å². The predicted molar refractivity (Wildman–Crippen MR) is 111 cm³/mol. The molecule has 28 heavy (non-hydrogen) atoms. The number of fused-ring (bicyclic) bond motifs is 5. The van der Waals surface area contributed by atoms with Crippen LogP contribution in [-0.2, 0) is 14.3 Å². The highest BCUT2D eigenvalue weighted by molar-refractivity contribution is 5.91. The van der Waals surface area contributed by atoms with Gasteiger partial charge >= 0.3 is 5.97 Å². The smallest absolute Gasteiger partial charge is 0.306 e. The van der Waals surface area contributed by atoms with Crippen LogP contribution in [0.3, 0.4) is 0 Å². The molecule has 0 radical (unpaired) electrons. The molecule has 3 fully saturated rings. The molecule has 0 amide bonds. The molecule has 0 spiro atoms. The van der Waals surface area contributed by atoms with E-state index in [0.29, 0.717) is 30.0 Å². The average molecular weight is 387 g/mol. The van der Waals surface area contributed by atoms with Crippen LogP contribution in [0.2, 0.25) is 0 Å². The van der Waals surface area contributed by atoms with E-state index in [2.05, 4.69) is 27.7 Å². The Bertz CT molecular complexity index is 677. The van der Waals surface area contributed by atoms with Crippen molar-refractivity contribution in [2.75, 3.05) is 0 Å². The van der Waals surface area contributed by atoms with Gasteiger partial charge in [-0.05, 0) is 86.5 Å². The van der Waals surface area contributed by atoms with Gasteiger partial charge in [0.1, 0.15) is 6.10 Å². The maximum Gasteiger partial charge on any atom is 0.306 e. The predicted octanol–water partition coefficient (Wildman–Crippen LogP) is 5.87. The second-order valence-corrected chi connectivity index (χ2v) is 11.0. The van der Waals surface area contributed by atoms with Crippen molar-refractivity contribution in [2.24, 2.45) is 34.5 Å². The van der Waals surface area contributed by atoms with Crippen LogP contribution in [0.25, 0.3) is 0 Å². The number of allylic oxidation sites excluding steroid dienone is 1. The Morgan fingerprint density at radius 1 is 1.11 bits per heavy atom. The summed E-state index contributed by atoms with van der Waals surface area (Å²) in [6, 6.07) is 0. The van der Waals surface area contributed by atoms with Gasteiger partial charge in [-0.1, -0.05) is 33.3 Å². The Balaban J connectivity index is 1.49. The van der Waals surface area contributed by atoms with Gasteiger partial charge in [0.2, 0.25) is 0 Å². The highest BCUT2D eigenvalue weighted by atomic mass is 16.5. The molecule has 156 valence electrons. The van der Waals surface area contributed by atoms with Gasteiger partial charge < -0.3 is 4.74 Å². The van der Waals surface area contributed by atoms with Crippen LogP contribution in [0, 0.1) is 34.5 Å². The molecule has 0 aromatic carbocycles. The fourth-order valence-corrected chi connectivity index (χ4v) is 7.33. The molecule has 3 nitrogen and oxygen atoms in total. The van der Waals surface area contributed by atoms with Gasteiger partial charge in [-0.25, -0.2) is 0 Å². The average Bonchev–Trinajstić information content (AvgIpc) is 2.97. The normalized spacial score (nSPS) is 42.5. The Morgan fingerprint density at radius 2 is 1.89 bits per heavy atom. The first-order chi connectivity index (χ1) is 13.2. The number of hydrogen-bond donors (Lipinski definition) is 0. The van der Waals surface area contributed by atoms with Crippen LogP contribution in [0.4, 0.5) is 0 Å². The molecule has 4 aliphatic rings. The largest absolute Gasteiger partial charge is 0.462 e. The zero-order chi connectivity index (χ0) is 20.1. The molecule has 0 unspecified atom stereocenters. The molecule has 4 aliphatic carbocycles. The van der Waals surface area contributed by atoms with Crippen molar-refractivity contribution in [3.8, 4) is 0 Å². The maximum absolute atomic E-state index is 12.4. The monoisotopic (exact) mass is 386 g/mol. The molecule has 0 aromatic rings. The first kappa shape index (κ1) is 20.2. The maximum atomic E-state index is 12.4. The first-order valence-corrected chi connectivity index (χ1v) is 11.7. The summed E-state index contributed by atoms with van der Waals surface area (Å²) in [4.78, 5) is 24.4. The molecular weight excluding hydrogens is 348 g/mol. The third kappa shape index (κ3) is 3.27. The van der Waals surface area contributed by atoms with Crippen LogP contribution >= 0.6 is 0 Å². The van der Waals surface area contributed by atoms with Gasteiger partial charge in [-0.2, -0.15) is 0 Å². The number of esters is 1. The number of carbonyl (C=O) groups is 2. The van der Waals surface area contributed by atoms with E-state index in [1.54, 1.807) is 0 Å². The molecule has 0 saturated heterocycles. The lowest BCUT2D eigenvalue weighted by Gasteiger charge is -2.57. The van der Waals surface area contributed by atoms with Crippen LogP contribution in [0.1, 0.15) is 91.9 Å². The highest BCUT2D eigenvalue weighted by Crippen LogP contribution is 2.65. The summed E-state index contributed by atoms with van der Waals surface area (Å²) >= 11 is 0. The highest BCUT2D eigenvalue weighted by Gasteiger charge is 2.59. The molecular formula is C25H38O3. The van der Waals surface area contributed by atoms with E-state index in [-0.39, 0.29) is 22.9 Å². The van der Waals surface area contributed by atoms with Gasteiger partial charge in [0.05, 0.1) is 0 Å². The summed E-state index contributed by atoms with van der Waals surface area (Å²) < 4.78 is 6.06. The minimum atomic E-state index is 0.00863. The van der Waals surface area contributed by atoms with E-state index in [9.17, 15) is 9.59 Å². The Labute approximate surface area is 170 Å². The quantitative estimate of drug-likeness (QED) is 0.568. The van der Waals surface area contributed by atoms with Crippen LogP contribution in [0.15, 0.2) is 11.6 Å². The number of ether oxygens (including phenoxy) is 1. The lowest BCUT2D eigenvalue weighted by Crippen LogP contribution is -2.51. The second-order valence-electron chi connectivity index (χ2n) is 11.0. The third-order valence-corrected chi connectivity index (χ3v) is 9.07. The van der Waals surface area contributed by atoms with Gasteiger partial charge in [0, 0.05) is 18.3 Å². The van der Waals surface area contributed by atoms with Gasteiger partial charge in [0.25, 0.3) is 0 Å². The molecule has 4 rings (SSSR count). The number of hydrogen-bond acceptors (Lipinski definition) is 3. The third-order valence-electron chi connectivity index (χ3n) is 9.07. The molecule has 0 heterocycles. The number of carbonyl (C=O) groups excluding carboxylic acids is 2. The lowest BCUT2D eigenvalue weighted by atomic mass is 9.47. The minimum Gasteiger partial charge on any atom is -0.462 e. The Morgan fingerprint density at radius 3 is 2.64 bits per heavy atom. The molecule has 0 aliphatic heterocycles. The summed E-state index contributed by atoms with van der Waals surface area (Å²) in [5.41, 5.74) is 1.81. The lowest BCUT2D eigenvalue weighted by molar-refractivity contribution is -0.160. The van der Waals surface area contributed by atoms with E-state index < -0.39 is 0 Å². The molecule has 3 heteroatoms. The molecule has 0 aromatic heterocycles. The zero-order valence-electron chi connectivity index (χ0n) is 18.3. The second kappa shape index (κ2) is 7.29. The van der Waals surface area contributed by atoms with Gasteiger partial charge in [0.15, 0.2) is 5.78 Å². The standard InChI is InChI=1S/C25H38O3/c1-16(2)5-10-23(27)28-22-9-8-20-19-7-6-17-15-18(26)11-13-24(17,3)21(19)12-14-25(20,22)4/h15-16,19-22H,5-14H2,1-4H3/t19-,20-,21-,22-,24-,25-/m1/s1. The van der Waals surface area contributed by atoms with Crippen LogP contribution in [-0.4, -0.2) is 17.9 Å². The fourth-order valence-electron chi connectivity index (χ4n) is 7.33. The summed E-state index contributed by atoms with van der Waals surface area (Å²) in [6.45, 7) is 9.15. The van der Waals surface area contributed by atoms with Crippen molar-refractivity contribution >= 4 is 11.8 Å². The van der Waals surface area contributed by atoms with Crippen molar-refractivity contribution in [1.82, 2.24) is 0 Å². The van der Waals surface area contributed by atoms with Crippen molar-refractivity contribution in [2.45, 2.75) is 98.0 Å². The zero-order valence-corrected chi connectivity index (χ0v) is 18.3. The minimum absolute atomic E-state index is 0.00863. The van der Waals surface area contributed by atoms with Crippen molar-refractivity contribution in [3.05, 3.63) is 11.6 Å². The van der Waals surface area contributed by atoms with Crippen molar-refractivity contribution in [3.63, 3.8) is 0 Å². The van der Waals surface area contributed by atoms with Crippen LogP contribution < -0.4 is 0 Å². The van der Waals surface area contributed by atoms with Gasteiger partial charge in [-0.3, -0.25) is 9.59 Å². The molecule has 0 bridgehead atoms. The number of rotatable bonds is 4. The van der Waals surface area contributed by atoms with E-state index in [1.807, 2.05) is 6.08 Å². The van der Waals surface area contributed by atoms with Crippen molar-refractivity contribution < 1.29 is 14.3 Å². The Kier molecular flexibility index (Phi) is 5.25. The topological polar surface area (TPSA) is 43.4 Å². The Hall–Kier alpha value is -1.12. The van der Waals surface area contributed by atoms with E-state index in [1.165, 1.54) is 24.8 Å². The molecule has 3 saturated carbocycles. The number of ketones is 1. The first-order valence-electron chi connectivity index (χ1n) is 11.7. The van der Waals surface area contributed by atoms with E-state index >= 15 is 0 Å². The SMILES string of the molecule is CC(C)CCC(=O)O[C@@H]1CC[C@@H]2[C@H]3CCC4=CC(=O)CC[C@@]4(C)[C@@H]3CC[C@]21C. The van der Waals surface area contributed by atoms with Crippen LogP contribution in [0.5, 0.6) is 0 Å².